The van der Waals surface area contributed by atoms with Crippen LogP contribution >= 0.6 is 10.7 Å². The second-order valence-corrected chi connectivity index (χ2v) is 8.65. The SMILES string of the molecule is C=CC1CC1C(=O)NS(=C)C1(C)CC1.CC.CC.CC1CCCN1.NC=O. The van der Waals surface area contributed by atoms with Gasteiger partial charge < -0.3 is 15.8 Å². The van der Waals surface area contributed by atoms with E-state index in [4.69, 9.17) is 4.79 Å². The normalized spacial score (nSPS) is 26.4. The molecule has 27 heavy (non-hydrogen) atoms. The van der Waals surface area contributed by atoms with Crippen molar-refractivity contribution in [1.82, 2.24) is 10.0 Å². The van der Waals surface area contributed by atoms with E-state index in [-0.39, 0.29) is 28.9 Å². The standard InChI is InChI=1S/C11H17NOS.C5H11N.2C2H6.CH3NO/c1-4-8-7-9(8)10(13)12-14(3)11(2)5-6-11;1-5-3-2-4-6-5;2*1-2;2-1-3/h4,8-9H,1,3,5-7H2,2H3,(H,12,13);5-6H,2-4H2,1H3;2*1-2H3;1H,(H2,2,3). The van der Waals surface area contributed by atoms with Gasteiger partial charge in [-0.2, -0.15) is 0 Å². The van der Waals surface area contributed by atoms with Gasteiger partial charge in [0.2, 0.25) is 12.3 Å². The van der Waals surface area contributed by atoms with Gasteiger partial charge in [-0.15, -0.1) is 6.58 Å². The quantitative estimate of drug-likeness (QED) is 0.378. The van der Waals surface area contributed by atoms with E-state index in [9.17, 15) is 4.79 Å². The molecular formula is C21H43N3O2S. The van der Waals surface area contributed by atoms with Crippen LogP contribution in [0.4, 0.5) is 0 Å². The Morgan fingerprint density at radius 3 is 2.07 bits per heavy atom. The van der Waals surface area contributed by atoms with Gasteiger partial charge in [0.05, 0.1) is 0 Å². The van der Waals surface area contributed by atoms with Crippen molar-refractivity contribution in [2.45, 2.75) is 84.4 Å². The molecule has 1 heterocycles. The number of nitrogens with one attached hydrogen (secondary N) is 2. The molecule has 0 aromatic carbocycles. The molecule has 0 radical (unpaired) electrons. The lowest BCUT2D eigenvalue weighted by molar-refractivity contribution is -0.120. The van der Waals surface area contributed by atoms with Gasteiger partial charge in [-0.25, -0.2) is 0 Å². The summed E-state index contributed by atoms with van der Waals surface area (Å²) in [5.41, 5.74) is 4.17. The maximum absolute atomic E-state index is 11.7. The number of primary amides is 1. The second kappa shape index (κ2) is 15.9. The first-order valence-corrected chi connectivity index (χ1v) is 11.6. The van der Waals surface area contributed by atoms with Crippen molar-refractivity contribution >= 4 is 28.9 Å². The van der Waals surface area contributed by atoms with Gasteiger partial charge in [-0.1, -0.05) is 50.3 Å². The molecule has 0 spiro atoms. The molecule has 4 atom stereocenters. The third kappa shape index (κ3) is 12.0. The smallest absolute Gasteiger partial charge is 0.233 e. The Balaban J connectivity index is 0. The van der Waals surface area contributed by atoms with Gasteiger partial charge in [0.15, 0.2) is 0 Å². The van der Waals surface area contributed by atoms with Crippen LogP contribution in [-0.4, -0.2) is 35.5 Å². The van der Waals surface area contributed by atoms with E-state index >= 15 is 0 Å². The van der Waals surface area contributed by atoms with Crippen LogP contribution in [0.2, 0.25) is 0 Å². The summed E-state index contributed by atoms with van der Waals surface area (Å²) in [6.07, 6.45) is 8.26. The van der Waals surface area contributed by atoms with Crippen LogP contribution in [-0.2, 0) is 9.59 Å². The van der Waals surface area contributed by atoms with Crippen molar-refractivity contribution in [3.05, 3.63) is 12.7 Å². The van der Waals surface area contributed by atoms with Crippen LogP contribution in [0.3, 0.4) is 0 Å². The Bertz CT molecular complexity index is 445. The van der Waals surface area contributed by atoms with E-state index in [1.807, 2.05) is 33.8 Å². The lowest BCUT2D eigenvalue weighted by Gasteiger charge is -2.15. The highest BCUT2D eigenvalue weighted by Gasteiger charge is 2.44. The van der Waals surface area contributed by atoms with Crippen LogP contribution in [0, 0.1) is 11.8 Å². The molecule has 2 amide bonds. The molecule has 2 saturated carbocycles. The van der Waals surface area contributed by atoms with Crippen LogP contribution in [0.5, 0.6) is 0 Å². The largest absolute Gasteiger partial charge is 0.372 e. The minimum absolute atomic E-state index is 0.182. The van der Waals surface area contributed by atoms with Gasteiger partial charge in [0, 0.05) is 16.7 Å². The summed E-state index contributed by atoms with van der Waals surface area (Å²) >= 11 is 0. The maximum atomic E-state index is 11.7. The van der Waals surface area contributed by atoms with Crippen molar-refractivity contribution in [2.24, 2.45) is 17.6 Å². The van der Waals surface area contributed by atoms with E-state index in [2.05, 4.69) is 42.1 Å². The highest BCUT2D eigenvalue weighted by molar-refractivity contribution is 8.14. The summed E-state index contributed by atoms with van der Waals surface area (Å²) in [5.74, 6) is 4.83. The molecule has 3 aliphatic rings. The second-order valence-electron chi connectivity index (χ2n) is 6.68. The number of carbonyl (C=O) groups is 2. The zero-order valence-electron chi connectivity index (χ0n) is 18.3. The Labute approximate surface area is 170 Å². The third-order valence-corrected chi connectivity index (χ3v) is 6.60. The van der Waals surface area contributed by atoms with Gasteiger partial charge in [-0.3, -0.25) is 9.59 Å². The predicted octanol–water partition coefficient (Wildman–Crippen LogP) is 4.01. The molecule has 4 unspecified atom stereocenters. The summed E-state index contributed by atoms with van der Waals surface area (Å²) in [6.45, 7) is 17.4. The molecule has 1 saturated heterocycles. The average molecular weight is 402 g/mol. The van der Waals surface area contributed by atoms with Crippen LogP contribution < -0.4 is 15.8 Å². The highest BCUT2D eigenvalue weighted by atomic mass is 32.2. The van der Waals surface area contributed by atoms with E-state index in [1.165, 1.54) is 32.2 Å². The topological polar surface area (TPSA) is 84.2 Å². The Morgan fingerprint density at radius 2 is 1.81 bits per heavy atom. The van der Waals surface area contributed by atoms with Crippen LogP contribution in [0.1, 0.15) is 73.6 Å². The van der Waals surface area contributed by atoms with E-state index in [0.717, 1.165) is 12.5 Å². The molecule has 6 heteroatoms. The number of carbonyl (C=O) groups excluding carboxylic acids is 2. The number of rotatable bonds is 4. The van der Waals surface area contributed by atoms with E-state index < -0.39 is 0 Å². The zero-order valence-corrected chi connectivity index (χ0v) is 19.2. The first-order chi connectivity index (χ1) is 12.9. The van der Waals surface area contributed by atoms with Crippen molar-refractivity contribution in [1.29, 1.82) is 0 Å². The fourth-order valence-electron chi connectivity index (χ4n) is 2.38. The van der Waals surface area contributed by atoms with Crippen molar-refractivity contribution in [3.8, 4) is 0 Å². The van der Waals surface area contributed by atoms with Gasteiger partial charge in [0.25, 0.3) is 0 Å². The Hall–Kier alpha value is -1.14. The molecule has 0 aromatic rings. The van der Waals surface area contributed by atoms with Crippen LogP contribution in [0.15, 0.2) is 12.7 Å². The Morgan fingerprint density at radius 1 is 1.30 bits per heavy atom. The predicted molar refractivity (Wildman–Crippen MR) is 122 cm³/mol. The lowest BCUT2D eigenvalue weighted by Crippen LogP contribution is -2.24. The molecule has 160 valence electrons. The number of hydrogen-bond donors (Lipinski definition) is 3. The number of hydrogen-bond acceptors (Lipinski definition) is 3. The zero-order chi connectivity index (χ0) is 21.5. The molecule has 2 aliphatic carbocycles. The van der Waals surface area contributed by atoms with E-state index in [1.54, 1.807) is 0 Å². The van der Waals surface area contributed by atoms with E-state index in [0.29, 0.717) is 10.7 Å². The fourth-order valence-corrected chi connectivity index (χ4v) is 3.61. The molecule has 5 nitrogen and oxygen atoms in total. The third-order valence-electron chi connectivity index (χ3n) is 4.56. The van der Waals surface area contributed by atoms with Crippen molar-refractivity contribution in [3.63, 3.8) is 0 Å². The molecule has 1 aliphatic heterocycles. The van der Waals surface area contributed by atoms with Crippen molar-refractivity contribution < 1.29 is 9.59 Å². The fraction of sp³-hybridized carbons (Fsp3) is 0.762. The van der Waals surface area contributed by atoms with Gasteiger partial charge >= 0.3 is 0 Å². The molecule has 4 N–H and O–H groups in total. The summed E-state index contributed by atoms with van der Waals surface area (Å²) in [7, 11) is -0.188. The first-order valence-electron chi connectivity index (χ1n) is 10.2. The minimum Gasteiger partial charge on any atom is -0.372 e. The van der Waals surface area contributed by atoms with Crippen LogP contribution in [0.25, 0.3) is 0 Å². The van der Waals surface area contributed by atoms with Crippen molar-refractivity contribution in [2.75, 3.05) is 6.54 Å². The van der Waals surface area contributed by atoms with Gasteiger partial charge in [-0.05, 0) is 58.4 Å². The molecule has 3 fully saturated rings. The summed E-state index contributed by atoms with van der Waals surface area (Å²) in [4.78, 5) is 20.3. The number of allylic oxidation sites excluding steroid dienone is 1. The number of amides is 2. The summed E-state index contributed by atoms with van der Waals surface area (Å²) in [6, 6.07) is 0.796. The average Bonchev–Trinajstić information content (AvgIpc) is 3.58. The van der Waals surface area contributed by atoms with Gasteiger partial charge in [0.1, 0.15) is 0 Å². The lowest BCUT2D eigenvalue weighted by atomic mass is 10.3. The monoisotopic (exact) mass is 401 g/mol. The maximum Gasteiger partial charge on any atom is 0.233 e. The highest BCUT2D eigenvalue weighted by Crippen LogP contribution is 2.50. The minimum atomic E-state index is -0.188. The first kappa shape index (κ1) is 28.1. The molecular weight excluding hydrogens is 358 g/mol. The molecule has 0 aromatic heterocycles. The molecule has 0 bridgehead atoms. The number of nitrogens with two attached hydrogens (primary N) is 1. The Kier molecular flexibility index (Phi) is 16.5. The molecule has 3 rings (SSSR count). The summed E-state index contributed by atoms with van der Waals surface area (Å²) in [5, 5.41) is 3.32. The summed E-state index contributed by atoms with van der Waals surface area (Å²) < 4.78 is 3.34.